The van der Waals surface area contributed by atoms with Crippen LogP contribution < -0.4 is 5.32 Å². The normalized spacial score (nSPS) is 19.8. The Morgan fingerprint density at radius 3 is 2.57 bits per heavy atom. The minimum absolute atomic E-state index is 0.0741. The summed E-state index contributed by atoms with van der Waals surface area (Å²) in [6.07, 6.45) is 2.01. The SMILES string of the molecule is CCC(CC(=O)O)NC(=O)C1CCCN(C(=O)N(C)C)C1. The van der Waals surface area contributed by atoms with Gasteiger partial charge in [-0.2, -0.15) is 0 Å². The largest absolute Gasteiger partial charge is 0.481 e. The zero-order chi connectivity index (χ0) is 16.0. The standard InChI is InChI=1S/C14H25N3O4/c1-4-11(8-12(18)19)15-13(20)10-6-5-7-17(9-10)14(21)16(2)3/h10-11H,4-9H2,1-3H3,(H,15,20)(H,18,19). The maximum absolute atomic E-state index is 12.2. The summed E-state index contributed by atoms with van der Waals surface area (Å²) in [5.41, 5.74) is 0. The lowest BCUT2D eigenvalue weighted by atomic mass is 9.96. The fourth-order valence-corrected chi connectivity index (χ4v) is 2.47. The molecular formula is C14H25N3O4. The fourth-order valence-electron chi connectivity index (χ4n) is 2.47. The number of aliphatic carboxylic acids is 1. The highest BCUT2D eigenvalue weighted by Crippen LogP contribution is 2.18. The van der Waals surface area contributed by atoms with Crippen LogP contribution in [0.1, 0.15) is 32.6 Å². The van der Waals surface area contributed by atoms with E-state index < -0.39 is 5.97 Å². The summed E-state index contributed by atoms with van der Waals surface area (Å²) in [6.45, 7) is 2.90. The predicted molar refractivity (Wildman–Crippen MR) is 77.9 cm³/mol. The van der Waals surface area contributed by atoms with Crippen LogP contribution in [-0.4, -0.2) is 66.0 Å². The fraction of sp³-hybridized carbons (Fsp3) is 0.786. The molecule has 1 heterocycles. The molecule has 0 aromatic rings. The number of nitrogens with one attached hydrogen (secondary N) is 1. The number of likely N-dealkylation sites (tertiary alicyclic amines) is 1. The van der Waals surface area contributed by atoms with E-state index in [2.05, 4.69) is 5.32 Å². The molecule has 3 amide bonds. The predicted octanol–water partition coefficient (Wildman–Crippen LogP) is 0.750. The molecular weight excluding hydrogens is 274 g/mol. The van der Waals surface area contributed by atoms with Gasteiger partial charge in [0.15, 0.2) is 0 Å². The number of amides is 3. The van der Waals surface area contributed by atoms with Crippen molar-refractivity contribution in [1.29, 1.82) is 0 Å². The Morgan fingerprint density at radius 1 is 1.38 bits per heavy atom. The quantitative estimate of drug-likeness (QED) is 0.784. The zero-order valence-corrected chi connectivity index (χ0v) is 13.0. The van der Waals surface area contributed by atoms with Crippen molar-refractivity contribution in [3.63, 3.8) is 0 Å². The first kappa shape index (κ1) is 17.3. The Labute approximate surface area is 125 Å². The van der Waals surface area contributed by atoms with Crippen LogP contribution in [0.25, 0.3) is 0 Å². The molecule has 0 aromatic heterocycles. The molecule has 120 valence electrons. The van der Waals surface area contributed by atoms with E-state index in [1.54, 1.807) is 19.0 Å². The van der Waals surface area contributed by atoms with Gasteiger partial charge in [-0.25, -0.2) is 4.79 Å². The van der Waals surface area contributed by atoms with Gasteiger partial charge in [-0.3, -0.25) is 9.59 Å². The number of nitrogens with zero attached hydrogens (tertiary/aromatic N) is 2. The monoisotopic (exact) mass is 299 g/mol. The molecule has 0 spiro atoms. The number of hydrogen-bond donors (Lipinski definition) is 2. The van der Waals surface area contributed by atoms with E-state index in [0.29, 0.717) is 19.5 Å². The average molecular weight is 299 g/mol. The second-order valence-electron chi connectivity index (χ2n) is 5.67. The third kappa shape index (κ3) is 5.24. The van der Waals surface area contributed by atoms with Crippen LogP contribution in [0.15, 0.2) is 0 Å². The van der Waals surface area contributed by atoms with E-state index >= 15 is 0 Å². The molecule has 1 aliphatic rings. The first-order chi connectivity index (χ1) is 9.85. The maximum Gasteiger partial charge on any atom is 0.319 e. The summed E-state index contributed by atoms with van der Waals surface area (Å²) in [5.74, 6) is -1.33. The summed E-state index contributed by atoms with van der Waals surface area (Å²) in [6, 6.07) is -0.444. The van der Waals surface area contributed by atoms with Crippen molar-refractivity contribution < 1.29 is 19.5 Å². The van der Waals surface area contributed by atoms with Crippen LogP contribution in [0.3, 0.4) is 0 Å². The number of carboxylic acid groups (broad SMARTS) is 1. The van der Waals surface area contributed by atoms with Crippen molar-refractivity contribution in [2.45, 2.75) is 38.6 Å². The Balaban J connectivity index is 2.57. The van der Waals surface area contributed by atoms with Gasteiger partial charge in [0, 0.05) is 33.2 Å². The molecule has 1 fully saturated rings. The molecule has 2 atom stereocenters. The Kier molecular flexibility index (Phi) is 6.45. The van der Waals surface area contributed by atoms with E-state index in [-0.39, 0.29) is 30.3 Å². The van der Waals surface area contributed by atoms with Gasteiger partial charge in [-0.05, 0) is 19.3 Å². The lowest BCUT2D eigenvalue weighted by molar-refractivity contribution is -0.138. The molecule has 7 nitrogen and oxygen atoms in total. The molecule has 2 N–H and O–H groups in total. The lowest BCUT2D eigenvalue weighted by Crippen LogP contribution is -2.50. The molecule has 1 rings (SSSR count). The van der Waals surface area contributed by atoms with Gasteiger partial charge >= 0.3 is 12.0 Å². The number of piperidine rings is 1. The Bertz CT molecular complexity index is 398. The zero-order valence-electron chi connectivity index (χ0n) is 13.0. The molecule has 21 heavy (non-hydrogen) atoms. The van der Waals surface area contributed by atoms with Gasteiger partial charge in [0.1, 0.15) is 0 Å². The summed E-state index contributed by atoms with van der Waals surface area (Å²) in [4.78, 5) is 38.1. The summed E-state index contributed by atoms with van der Waals surface area (Å²) in [5, 5.41) is 11.6. The number of rotatable bonds is 5. The van der Waals surface area contributed by atoms with Crippen molar-refractivity contribution in [3.8, 4) is 0 Å². The third-order valence-corrected chi connectivity index (χ3v) is 3.71. The van der Waals surface area contributed by atoms with E-state index in [0.717, 1.165) is 12.8 Å². The van der Waals surface area contributed by atoms with Crippen molar-refractivity contribution in [1.82, 2.24) is 15.1 Å². The molecule has 0 saturated carbocycles. The number of carboxylic acids is 1. The second-order valence-corrected chi connectivity index (χ2v) is 5.67. The molecule has 7 heteroatoms. The Morgan fingerprint density at radius 2 is 2.05 bits per heavy atom. The van der Waals surface area contributed by atoms with Crippen LogP contribution >= 0.6 is 0 Å². The highest BCUT2D eigenvalue weighted by molar-refractivity contribution is 5.81. The number of carbonyl (C=O) groups excluding carboxylic acids is 2. The molecule has 0 aliphatic carbocycles. The topological polar surface area (TPSA) is 90.0 Å². The molecule has 1 aliphatic heterocycles. The van der Waals surface area contributed by atoms with E-state index in [9.17, 15) is 14.4 Å². The minimum Gasteiger partial charge on any atom is -0.481 e. The molecule has 0 aromatic carbocycles. The van der Waals surface area contributed by atoms with Crippen LogP contribution in [-0.2, 0) is 9.59 Å². The number of urea groups is 1. The van der Waals surface area contributed by atoms with Crippen LogP contribution in [0.5, 0.6) is 0 Å². The molecule has 2 unspecified atom stereocenters. The first-order valence-corrected chi connectivity index (χ1v) is 7.33. The summed E-state index contributed by atoms with van der Waals surface area (Å²) >= 11 is 0. The Hall–Kier alpha value is -1.79. The number of carbonyl (C=O) groups is 3. The van der Waals surface area contributed by atoms with Crippen LogP contribution in [0, 0.1) is 5.92 Å². The first-order valence-electron chi connectivity index (χ1n) is 7.33. The van der Waals surface area contributed by atoms with Crippen molar-refractivity contribution in [2.75, 3.05) is 27.2 Å². The van der Waals surface area contributed by atoms with Gasteiger partial charge in [0.05, 0.1) is 12.3 Å². The molecule has 1 saturated heterocycles. The number of hydrogen-bond acceptors (Lipinski definition) is 3. The van der Waals surface area contributed by atoms with Crippen molar-refractivity contribution in [3.05, 3.63) is 0 Å². The minimum atomic E-state index is -0.921. The second kappa shape index (κ2) is 7.85. The lowest BCUT2D eigenvalue weighted by Gasteiger charge is -2.34. The smallest absolute Gasteiger partial charge is 0.319 e. The molecule has 0 radical (unpaired) electrons. The van der Waals surface area contributed by atoms with E-state index in [1.807, 2.05) is 6.92 Å². The molecule has 0 bridgehead atoms. The van der Waals surface area contributed by atoms with Crippen molar-refractivity contribution >= 4 is 17.9 Å². The van der Waals surface area contributed by atoms with Crippen LogP contribution in [0.4, 0.5) is 4.79 Å². The summed E-state index contributed by atoms with van der Waals surface area (Å²) < 4.78 is 0. The third-order valence-electron chi connectivity index (χ3n) is 3.71. The summed E-state index contributed by atoms with van der Waals surface area (Å²) in [7, 11) is 3.37. The van der Waals surface area contributed by atoms with Gasteiger partial charge in [-0.1, -0.05) is 6.92 Å². The van der Waals surface area contributed by atoms with E-state index in [1.165, 1.54) is 4.90 Å². The van der Waals surface area contributed by atoms with Crippen LogP contribution in [0.2, 0.25) is 0 Å². The average Bonchev–Trinajstić information content (AvgIpc) is 2.45. The van der Waals surface area contributed by atoms with Gasteiger partial charge < -0.3 is 20.2 Å². The maximum atomic E-state index is 12.2. The van der Waals surface area contributed by atoms with Gasteiger partial charge in [-0.15, -0.1) is 0 Å². The van der Waals surface area contributed by atoms with Gasteiger partial charge in [0.2, 0.25) is 5.91 Å². The highest BCUT2D eigenvalue weighted by atomic mass is 16.4. The highest BCUT2D eigenvalue weighted by Gasteiger charge is 2.30. The van der Waals surface area contributed by atoms with Crippen molar-refractivity contribution in [2.24, 2.45) is 5.92 Å². The van der Waals surface area contributed by atoms with Gasteiger partial charge in [0.25, 0.3) is 0 Å². The van der Waals surface area contributed by atoms with E-state index in [4.69, 9.17) is 5.11 Å².